The zero-order chi connectivity index (χ0) is 13.5. The predicted molar refractivity (Wildman–Crippen MR) is 71.6 cm³/mol. The highest BCUT2D eigenvalue weighted by Gasteiger charge is 2.04. The fraction of sp³-hybridized carbons (Fsp3) is 0.143. The summed E-state index contributed by atoms with van der Waals surface area (Å²) in [7, 11) is 3.93. The predicted octanol–water partition coefficient (Wildman–Crippen LogP) is 1.98. The third kappa shape index (κ3) is 4.25. The van der Waals surface area contributed by atoms with Gasteiger partial charge in [-0.3, -0.25) is 4.79 Å². The van der Waals surface area contributed by atoms with Crippen LogP contribution in [-0.2, 0) is 9.59 Å². The van der Waals surface area contributed by atoms with Crippen molar-refractivity contribution < 1.29 is 14.7 Å². The molecule has 0 radical (unpaired) electrons. The number of ketones is 1. The van der Waals surface area contributed by atoms with E-state index in [-0.39, 0.29) is 0 Å². The van der Waals surface area contributed by atoms with Crippen molar-refractivity contribution in [2.24, 2.45) is 0 Å². The van der Waals surface area contributed by atoms with Crippen molar-refractivity contribution in [3.05, 3.63) is 48.1 Å². The van der Waals surface area contributed by atoms with Crippen molar-refractivity contribution in [1.29, 1.82) is 0 Å². The number of allylic oxidation sites excluding steroid dienone is 2. The van der Waals surface area contributed by atoms with E-state index in [9.17, 15) is 9.59 Å². The Labute approximate surface area is 106 Å². The number of aliphatic carboxylic acids is 1. The average molecular weight is 245 g/mol. The molecule has 1 N–H and O–H groups in total. The van der Waals surface area contributed by atoms with Crippen LogP contribution in [0.4, 0.5) is 5.69 Å². The fourth-order valence-electron chi connectivity index (χ4n) is 1.26. The number of hydrogen-bond donors (Lipinski definition) is 1. The molecule has 94 valence electrons. The van der Waals surface area contributed by atoms with Crippen LogP contribution in [0.1, 0.15) is 5.56 Å². The second-order valence-electron chi connectivity index (χ2n) is 3.87. The molecule has 1 aromatic carbocycles. The summed E-state index contributed by atoms with van der Waals surface area (Å²) in [6.07, 6.45) is 5.86. The van der Waals surface area contributed by atoms with Gasteiger partial charge in [0.05, 0.1) is 0 Å². The van der Waals surface area contributed by atoms with Crippen LogP contribution in [-0.4, -0.2) is 31.0 Å². The Morgan fingerprint density at radius 2 is 1.72 bits per heavy atom. The maximum absolute atomic E-state index is 10.7. The van der Waals surface area contributed by atoms with E-state index in [2.05, 4.69) is 0 Å². The smallest absolute Gasteiger partial charge is 0.376 e. The molecule has 0 aliphatic rings. The highest BCUT2D eigenvalue weighted by Crippen LogP contribution is 2.13. The molecule has 0 heterocycles. The van der Waals surface area contributed by atoms with Gasteiger partial charge in [-0.05, 0) is 23.8 Å². The van der Waals surface area contributed by atoms with Gasteiger partial charge in [0.25, 0.3) is 5.78 Å². The van der Waals surface area contributed by atoms with Gasteiger partial charge in [0, 0.05) is 19.8 Å². The summed E-state index contributed by atoms with van der Waals surface area (Å²) in [5.74, 6) is -2.38. The molecular formula is C14H15NO3. The largest absolute Gasteiger partial charge is 0.475 e. The van der Waals surface area contributed by atoms with Crippen LogP contribution < -0.4 is 4.90 Å². The minimum Gasteiger partial charge on any atom is -0.475 e. The van der Waals surface area contributed by atoms with E-state index in [1.807, 2.05) is 43.3 Å². The van der Waals surface area contributed by atoms with Crippen molar-refractivity contribution in [1.82, 2.24) is 0 Å². The number of carbonyl (C=O) groups is 2. The Morgan fingerprint density at radius 3 is 2.22 bits per heavy atom. The van der Waals surface area contributed by atoms with Crippen molar-refractivity contribution in [2.75, 3.05) is 19.0 Å². The highest BCUT2D eigenvalue weighted by molar-refractivity contribution is 6.37. The monoisotopic (exact) mass is 245 g/mol. The van der Waals surface area contributed by atoms with Crippen molar-refractivity contribution in [2.45, 2.75) is 0 Å². The topological polar surface area (TPSA) is 57.6 Å². The third-order valence-corrected chi connectivity index (χ3v) is 2.27. The first-order valence-electron chi connectivity index (χ1n) is 5.40. The fourth-order valence-corrected chi connectivity index (χ4v) is 1.26. The Bertz CT molecular complexity index is 484. The zero-order valence-electron chi connectivity index (χ0n) is 10.3. The van der Waals surface area contributed by atoms with Crippen molar-refractivity contribution in [3.63, 3.8) is 0 Å². The van der Waals surface area contributed by atoms with E-state index < -0.39 is 11.8 Å². The Balaban J connectivity index is 2.62. The molecule has 0 spiro atoms. The lowest BCUT2D eigenvalue weighted by Gasteiger charge is -2.11. The van der Waals surface area contributed by atoms with Gasteiger partial charge in [-0.1, -0.05) is 30.4 Å². The quantitative estimate of drug-likeness (QED) is 0.489. The Kier molecular flexibility index (Phi) is 4.87. The first kappa shape index (κ1) is 13.7. The summed E-state index contributed by atoms with van der Waals surface area (Å²) >= 11 is 0. The molecule has 4 nitrogen and oxygen atoms in total. The van der Waals surface area contributed by atoms with E-state index in [1.165, 1.54) is 6.08 Å². The maximum atomic E-state index is 10.7. The molecule has 0 aliphatic heterocycles. The number of carboxylic acid groups (broad SMARTS) is 1. The molecule has 0 saturated carbocycles. The maximum Gasteiger partial charge on any atom is 0.376 e. The first-order valence-corrected chi connectivity index (χ1v) is 5.40. The zero-order valence-corrected chi connectivity index (χ0v) is 10.3. The Morgan fingerprint density at radius 1 is 1.11 bits per heavy atom. The standard InChI is InChI=1S/C14H15NO3/c1-15(2)12-9-7-11(8-10-12)5-3-4-6-13(16)14(17)18/h3-10H,1-2H3,(H,17,18). The third-order valence-electron chi connectivity index (χ3n) is 2.27. The average Bonchev–Trinajstić information content (AvgIpc) is 2.34. The lowest BCUT2D eigenvalue weighted by atomic mass is 10.2. The number of anilines is 1. The summed E-state index contributed by atoms with van der Waals surface area (Å²) in [4.78, 5) is 23.0. The van der Waals surface area contributed by atoms with Crippen molar-refractivity contribution in [3.8, 4) is 0 Å². The van der Waals surface area contributed by atoms with Crippen LogP contribution in [0, 0.1) is 0 Å². The van der Waals surface area contributed by atoms with Gasteiger partial charge in [0.1, 0.15) is 0 Å². The molecule has 4 heteroatoms. The minimum atomic E-state index is -1.45. The molecule has 0 aromatic heterocycles. The van der Waals surface area contributed by atoms with Gasteiger partial charge >= 0.3 is 5.97 Å². The SMILES string of the molecule is CN(C)c1ccc(C=CC=CC(=O)C(=O)O)cc1. The van der Waals surface area contributed by atoms with Crippen molar-refractivity contribution >= 4 is 23.5 Å². The van der Waals surface area contributed by atoms with Gasteiger partial charge in [0.2, 0.25) is 0 Å². The van der Waals surface area contributed by atoms with Gasteiger partial charge in [-0.25, -0.2) is 4.79 Å². The van der Waals surface area contributed by atoms with Crippen LogP contribution in [0.5, 0.6) is 0 Å². The molecule has 18 heavy (non-hydrogen) atoms. The van der Waals surface area contributed by atoms with Gasteiger partial charge in [0.15, 0.2) is 0 Å². The summed E-state index contributed by atoms with van der Waals surface area (Å²) in [6, 6.07) is 7.84. The molecule has 0 amide bonds. The molecule has 0 unspecified atom stereocenters. The summed E-state index contributed by atoms with van der Waals surface area (Å²) in [6.45, 7) is 0. The minimum absolute atomic E-state index is 0.928. The number of rotatable bonds is 5. The van der Waals surface area contributed by atoms with E-state index in [0.29, 0.717) is 0 Å². The normalized spacial score (nSPS) is 11.0. The van der Waals surface area contributed by atoms with Crippen LogP contribution in [0.3, 0.4) is 0 Å². The molecule has 0 atom stereocenters. The number of carboxylic acids is 1. The number of carbonyl (C=O) groups excluding carboxylic acids is 1. The number of nitrogens with zero attached hydrogens (tertiary/aromatic N) is 1. The molecule has 0 saturated heterocycles. The van der Waals surface area contributed by atoms with E-state index in [1.54, 1.807) is 12.2 Å². The molecule has 0 aliphatic carbocycles. The molecule has 1 aromatic rings. The van der Waals surface area contributed by atoms with Crippen LogP contribution in [0.25, 0.3) is 6.08 Å². The van der Waals surface area contributed by atoms with Gasteiger partial charge in [-0.15, -0.1) is 0 Å². The summed E-state index contributed by atoms with van der Waals surface area (Å²) in [5, 5.41) is 8.35. The second kappa shape index (κ2) is 6.39. The van der Waals surface area contributed by atoms with Gasteiger partial charge < -0.3 is 10.0 Å². The Hall–Kier alpha value is -2.36. The van der Waals surface area contributed by atoms with Crippen LogP contribution in [0.2, 0.25) is 0 Å². The summed E-state index contributed by atoms with van der Waals surface area (Å²) in [5.41, 5.74) is 2.08. The van der Waals surface area contributed by atoms with E-state index in [0.717, 1.165) is 17.3 Å². The molecule has 0 fully saturated rings. The molecule has 0 bridgehead atoms. The molecule has 1 rings (SSSR count). The van der Waals surface area contributed by atoms with E-state index >= 15 is 0 Å². The summed E-state index contributed by atoms with van der Waals surface area (Å²) < 4.78 is 0. The highest BCUT2D eigenvalue weighted by atomic mass is 16.4. The number of hydrogen-bond acceptors (Lipinski definition) is 3. The van der Waals surface area contributed by atoms with E-state index in [4.69, 9.17) is 5.11 Å². The van der Waals surface area contributed by atoms with Gasteiger partial charge in [-0.2, -0.15) is 0 Å². The lowest BCUT2D eigenvalue weighted by Crippen LogP contribution is -2.08. The molecular weight excluding hydrogens is 230 g/mol. The van der Waals surface area contributed by atoms with Crippen LogP contribution >= 0.6 is 0 Å². The number of benzene rings is 1. The first-order chi connectivity index (χ1) is 8.50. The van der Waals surface area contributed by atoms with Crippen LogP contribution in [0.15, 0.2) is 42.5 Å². The lowest BCUT2D eigenvalue weighted by molar-refractivity contribution is -0.146. The second-order valence-corrected chi connectivity index (χ2v) is 3.87.